The minimum atomic E-state index is -0.877. The first kappa shape index (κ1) is 72.1. The summed E-state index contributed by atoms with van der Waals surface area (Å²) < 4.78 is 25.1. The van der Waals surface area contributed by atoms with Crippen molar-refractivity contribution in [3.63, 3.8) is 0 Å². The van der Waals surface area contributed by atoms with E-state index in [1.165, 1.54) is 128 Å². The van der Waals surface area contributed by atoms with E-state index in [1.807, 2.05) is 18.2 Å². The van der Waals surface area contributed by atoms with Crippen LogP contribution in [0.4, 0.5) is 0 Å². The number of carbonyl (C=O) groups is 3. The van der Waals surface area contributed by atoms with Crippen molar-refractivity contribution in [2.45, 2.75) is 262 Å². The highest BCUT2D eigenvalue weighted by Gasteiger charge is 2.41. The molecule has 1 atom stereocenters. The van der Waals surface area contributed by atoms with Gasteiger partial charge in [-0.2, -0.15) is 0 Å². The van der Waals surface area contributed by atoms with Gasteiger partial charge in [-0.15, -0.1) is 0 Å². The summed E-state index contributed by atoms with van der Waals surface area (Å²) in [6, 6.07) is 5.76. The molecule has 1 aromatic heterocycles. The zero-order chi connectivity index (χ0) is 57.0. The van der Waals surface area contributed by atoms with Crippen molar-refractivity contribution < 1.29 is 33.3 Å². The highest BCUT2D eigenvalue weighted by Crippen LogP contribution is 2.36. The number of hydrogen-bond donors (Lipinski definition) is 3. The standard InChI is InChI=1S/C65H113N5O7S2/c1-6-8-10-12-14-16-18-20-22-24-26-28-30-32-34-39-48-65(49-40-35-33-31-29-27-25-23-21-19-17-15-13-11-9-7-2)76-58-63(77-65)70(5)54-43-37-36-41-50-66-59(71)45-46-60(72)67-52-55-74-64(3,4)75-56-53-68-61(73)47-57-78-79-62-44-38-42-51-69-62/h14-17,20-23,38,42,44,51,63H,6-13,18-19,24-37,39-41,43,45-50,52-58H2,1-5H3,(H,66,71)(H,67,72)(H,68,73)/b16-14-,17-15-,22-20-,23-21-. The maximum Gasteiger partial charge on any atom is 0.220 e. The third-order valence-corrected chi connectivity index (χ3v) is 16.4. The molecule has 0 aromatic carbocycles. The Balaban J connectivity index is 1.58. The summed E-state index contributed by atoms with van der Waals surface area (Å²) in [4.78, 5) is 43.7. The fourth-order valence-corrected chi connectivity index (χ4v) is 11.1. The smallest absolute Gasteiger partial charge is 0.220 e. The van der Waals surface area contributed by atoms with Gasteiger partial charge in [0.2, 0.25) is 17.7 Å². The number of nitrogens with one attached hydrogen (secondary N) is 3. The molecule has 12 nitrogen and oxygen atoms in total. The number of amides is 3. The largest absolute Gasteiger partial charge is 0.356 e. The minimum absolute atomic E-state index is 0.0143. The van der Waals surface area contributed by atoms with Crippen LogP contribution in [0.15, 0.2) is 78.0 Å². The number of likely N-dealkylation sites (N-methyl/N-ethyl adjacent to an activating group) is 1. The first-order valence-electron chi connectivity index (χ1n) is 31.5. The molecule has 0 saturated carbocycles. The van der Waals surface area contributed by atoms with Crippen LogP contribution < -0.4 is 16.0 Å². The van der Waals surface area contributed by atoms with E-state index in [9.17, 15) is 14.4 Å². The van der Waals surface area contributed by atoms with Crippen LogP contribution in [-0.2, 0) is 33.3 Å². The van der Waals surface area contributed by atoms with Crippen LogP contribution >= 0.6 is 21.6 Å². The van der Waals surface area contributed by atoms with Crippen LogP contribution in [0.25, 0.3) is 0 Å². The van der Waals surface area contributed by atoms with E-state index < -0.39 is 11.6 Å². The van der Waals surface area contributed by atoms with Crippen molar-refractivity contribution in [1.29, 1.82) is 0 Å². The summed E-state index contributed by atoms with van der Waals surface area (Å²) in [6.07, 6.45) is 57.1. The van der Waals surface area contributed by atoms with Crippen LogP contribution in [0.2, 0.25) is 0 Å². The van der Waals surface area contributed by atoms with Crippen LogP contribution in [0.1, 0.15) is 240 Å². The molecule has 1 aromatic rings. The lowest BCUT2D eigenvalue weighted by atomic mass is 9.98. The lowest BCUT2D eigenvalue weighted by molar-refractivity contribution is -0.211. The first-order chi connectivity index (χ1) is 38.6. The molecule has 2 heterocycles. The van der Waals surface area contributed by atoms with Gasteiger partial charge in [-0.3, -0.25) is 19.3 Å². The Morgan fingerprint density at radius 1 is 0.620 bits per heavy atom. The van der Waals surface area contributed by atoms with E-state index in [-0.39, 0.29) is 43.4 Å². The lowest BCUT2D eigenvalue weighted by Crippen LogP contribution is -2.37. The second-order valence-electron chi connectivity index (χ2n) is 21.8. The van der Waals surface area contributed by atoms with E-state index in [1.54, 1.807) is 41.6 Å². The Labute approximate surface area is 490 Å². The number of carbonyl (C=O) groups excluding carboxylic acids is 3. The predicted octanol–water partition coefficient (Wildman–Crippen LogP) is 16.1. The highest BCUT2D eigenvalue weighted by molar-refractivity contribution is 8.76. The molecule has 0 bridgehead atoms. The van der Waals surface area contributed by atoms with Crippen LogP contribution in [0.3, 0.4) is 0 Å². The Morgan fingerprint density at radius 2 is 1.09 bits per heavy atom. The number of unbranched alkanes of at least 4 members (excludes halogenated alkanes) is 21. The highest BCUT2D eigenvalue weighted by atomic mass is 33.1. The van der Waals surface area contributed by atoms with E-state index in [4.69, 9.17) is 18.9 Å². The Hall–Kier alpha value is -2.98. The molecule has 14 heteroatoms. The maximum absolute atomic E-state index is 12.5. The molecule has 0 radical (unpaired) electrons. The van der Waals surface area contributed by atoms with Crippen molar-refractivity contribution in [3.05, 3.63) is 73.0 Å². The SMILES string of the molecule is CCCCC/C=C\C/C=C\CCCCCCCCC1(CCCCCCCC/C=C\C/C=C\CCCCC)OCC(N(C)CCCCCCNC(=O)CCC(=O)NCCOC(C)(C)OCCNC(=O)CCSSc2ccccn2)O1. The van der Waals surface area contributed by atoms with Gasteiger partial charge in [-0.1, -0.05) is 169 Å². The van der Waals surface area contributed by atoms with Gasteiger partial charge in [-0.25, -0.2) is 4.98 Å². The van der Waals surface area contributed by atoms with E-state index in [0.717, 1.165) is 75.8 Å². The van der Waals surface area contributed by atoms with Crippen molar-refractivity contribution in [1.82, 2.24) is 25.8 Å². The van der Waals surface area contributed by atoms with E-state index >= 15 is 0 Å². The third-order valence-electron chi connectivity index (χ3n) is 14.1. The molecule has 1 unspecified atom stereocenters. The van der Waals surface area contributed by atoms with E-state index in [2.05, 4.69) is 95.3 Å². The molecule has 1 fully saturated rings. The molecule has 2 rings (SSSR count). The van der Waals surface area contributed by atoms with E-state index in [0.29, 0.717) is 45.0 Å². The summed E-state index contributed by atoms with van der Waals surface area (Å²) in [5.74, 6) is -0.989. The maximum atomic E-state index is 12.5. The van der Waals surface area contributed by atoms with Crippen LogP contribution in [0.5, 0.6) is 0 Å². The van der Waals surface area contributed by atoms with Gasteiger partial charge in [0.25, 0.3) is 0 Å². The molecule has 1 aliphatic heterocycles. The Morgan fingerprint density at radius 3 is 1.61 bits per heavy atom. The molecule has 1 saturated heterocycles. The number of hydrogen-bond acceptors (Lipinski definition) is 11. The average Bonchev–Trinajstić information content (AvgIpc) is 3.97. The van der Waals surface area contributed by atoms with Gasteiger partial charge in [0.1, 0.15) is 11.3 Å². The summed E-state index contributed by atoms with van der Waals surface area (Å²) in [5, 5.41) is 9.59. The number of nitrogens with zero attached hydrogens (tertiary/aromatic N) is 2. The number of rotatable bonds is 54. The summed E-state index contributed by atoms with van der Waals surface area (Å²) in [6.45, 7) is 11.6. The monoisotopic (exact) mass is 1140 g/mol. The molecule has 79 heavy (non-hydrogen) atoms. The number of pyridine rings is 1. The zero-order valence-corrected chi connectivity index (χ0v) is 52.2. The quantitative estimate of drug-likeness (QED) is 0.0249. The number of ether oxygens (including phenoxy) is 4. The normalized spacial score (nSPS) is 14.7. The fraction of sp³-hybridized carbons (Fsp3) is 0.754. The van der Waals surface area contributed by atoms with Gasteiger partial charge < -0.3 is 34.9 Å². The minimum Gasteiger partial charge on any atom is -0.356 e. The van der Waals surface area contributed by atoms with Gasteiger partial charge in [0, 0.05) is 70.2 Å². The van der Waals surface area contributed by atoms with Crippen molar-refractivity contribution >= 4 is 39.3 Å². The molecule has 452 valence electrons. The van der Waals surface area contributed by atoms with Crippen LogP contribution in [0, 0.1) is 0 Å². The van der Waals surface area contributed by atoms with Gasteiger partial charge in [-0.05, 0) is 134 Å². The van der Waals surface area contributed by atoms with Gasteiger partial charge in [0.05, 0.1) is 19.8 Å². The molecular formula is C65H113N5O7S2. The number of allylic oxidation sites excluding steroid dienone is 8. The molecule has 3 N–H and O–H groups in total. The average molecular weight is 1140 g/mol. The van der Waals surface area contributed by atoms with Gasteiger partial charge >= 0.3 is 0 Å². The molecule has 3 amide bonds. The van der Waals surface area contributed by atoms with Crippen molar-refractivity contribution in [2.24, 2.45) is 0 Å². The number of aromatic nitrogens is 1. The Bertz CT molecular complexity index is 1700. The third kappa shape index (κ3) is 43.4. The fourth-order valence-electron chi connectivity index (χ4n) is 9.26. The molecular weight excluding hydrogens is 1030 g/mol. The zero-order valence-electron chi connectivity index (χ0n) is 50.6. The molecule has 1 aliphatic rings. The second kappa shape index (κ2) is 50.7. The summed E-state index contributed by atoms with van der Waals surface area (Å²) in [5.41, 5.74) is 0. The first-order valence-corrected chi connectivity index (χ1v) is 33.8. The second-order valence-corrected chi connectivity index (χ2v) is 24.3. The van der Waals surface area contributed by atoms with Crippen LogP contribution in [-0.4, -0.2) is 104 Å². The van der Waals surface area contributed by atoms with Gasteiger partial charge in [0.15, 0.2) is 11.6 Å². The summed E-state index contributed by atoms with van der Waals surface area (Å²) >= 11 is 0. The molecule has 0 aliphatic carbocycles. The van der Waals surface area contributed by atoms with Crippen molar-refractivity contribution in [2.75, 3.05) is 58.8 Å². The lowest BCUT2D eigenvalue weighted by Gasteiger charge is -2.30. The topological polar surface area (TPSA) is 140 Å². The summed E-state index contributed by atoms with van der Waals surface area (Å²) in [7, 11) is 5.32. The predicted molar refractivity (Wildman–Crippen MR) is 334 cm³/mol. The van der Waals surface area contributed by atoms with Crippen molar-refractivity contribution in [3.8, 4) is 0 Å². The Kier molecular flexibility index (Phi) is 46.3. The molecule has 0 spiro atoms.